The van der Waals surface area contributed by atoms with Gasteiger partial charge in [-0.15, -0.1) is 0 Å². The number of fused-ring (bicyclic) bond motifs is 1. The van der Waals surface area contributed by atoms with Crippen molar-refractivity contribution in [2.75, 3.05) is 0 Å². The SMILES string of the molecule is N#Cc1ccccc1COc1ccc2ccccc2c1. The monoisotopic (exact) mass is 259 g/mol. The predicted octanol–water partition coefficient (Wildman–Crippen LogP) is 4.29. The Labute approximate surface area is 117 Å². The molecule has 0 heterocycles. The Morgan fingerprint density at radius 3 is 2.45 bits per heavy atom. The molecule has 0 amide bonds. The molecule has 96 valence electrons. The third-order valence-electron chi connectivity index (χ3n) is 3.25. The first-order valence-corrected chi connectivity index (χ1v) is 6.46. The molecule has 0 aliphatic heterocycles. The first-order valence-electron chi connectivity index (χ1n) is 6.46. The van der Waals surface area contributed by atoms with E-state index in [1.807, 2.05) is 48.5 Å². The molecule has 0 aliphatic rings. The van der Waals surface area contributed by atoms with Crippen LogP contribution in [0, 0.1) is 11.3 Å². The zero-order valence-corrected chi connectivity index (χ0v) is 10.9. The molecule has 0 saturated carbocycles. The summed E-state index contributed by atoms with van der Waals surface area (Å²) in [5.41, 5.74) is 1.57. The van der Waals surface area contributed by atoms with Crippen molar-refractivity contribution in [1.29, 1.82) is 5.26 Å². The van der Waals surface area contributed by atoms with Crippen LogP contribution in [0.25, 0.3) is 10.8 Å². The van der Waals surface area contributed by atoms with Crippen LogP contribution in [0.4, 0.5) is 0 Å². The fourth-order valence-electron chi connectivity index (χ4n) is 2.17. The van der Waals surface area contributed by atoms with Crippen LogP contribution in [0.2, 0.25) is 0 Å². The van der Waals surface area contributed by atoms with Crippen molar-refractivity contribution in [3.63, 3.8) is 0 Å². The second-order valence-corrected chi connectivity index (χ2v) is 4.57. The van der Waals surface area contributed by atoms with E-state index in [1.165, 1.54) is 5.39 Å². The van der Waals surface area contributed by atoms with Crippen molar-refractivity contribution >= 4 is 10.8 Å². The summed E-state index contributed by atoms with van der Waals surface area (Å²) in [7, 11) is 0. The molecule has 20 heavy (non-hydrogen) atoms. The molecular weight excluding hydrogens is 246 g/mol. The molecule has 3 aromatic carbocycles. The molecule has 0 spiro atoms. The smallest absolute Gasteiger partial charge is 0.120 e. The van der Waals surface area contributed by atoms with Gasteiger partial charge in [0.1, 0.15) is 12.4 Å². The van der Waals surface area contributed by atoms with Gasteiger partial charge >= 0.3 is 0 Å². The molecule has 0 radical (unpaired) electrons. The summed E-state index contributed by atoms with van der Waals surface area (Å²) in [6, 6.07) is 23.9. The van der Waals surface area contributed by atoms with Crippen LogP contribution in [-0.4, -0.2) is 0 Å². The zero-order valence-electron chi connectivity index (χ0n) is 10.9. The Hall–Kier alpha value is -2.79. The number of rotatable bonds is 3. The van der Waals surface area contributed by atoms with E-state index in [9.17, 15) is 0 Å². The van der Waals surface area contributed by atoms with E-state index in [0.29, 0.717) is 12.2 Å². The fourth-order valence-corrected chi connectivity index (χ4v) is 2.17. The molecule has 2 heteroatoms. The maximum Gasteiger partial charge on any atom is 0.120 e. The summed E-state index contributed by atoms with van der Waals surface area (Å²) in [5, 5.41) is 11.4. The van der Waals surface area contributed by atoms with E-state index >= 15 is 0 Å². The minimum Gasteiger partial charge on any atom is -0.489 e. The van der Waals surface area contributed by atoms with E-state index < -0.39 is 0 Å². The quantitative estimate of drug-likeness (QED) is 0.703. The second kappa shape index (κ2) is 5.46. The first-order chi connectivity index (χ1) is 9.86. The van der Waals surface area contributed by atoms with Crippen molar-refractivity contribution < 1.29 is 4.74 Å². The molecular formula is C18H13NO. The third kappa shape index (κ3) is 2.48. The number of hydrogen-bond donors (Lipinski definition) is 0. The molecule has 0 atom stereocenters. The molecule has 0 bridgehead atoms. The van der Waals surface area contributed by atoms with Crippen LogP contribution in [0.1, 0.15) is 11.1 Å². The van der Waals surface area contributed by atoms with Crippen LogP contribution in [0.15, 0.2) is 66.7 Å². The van der Waals surface area contributed by atoms with Gasteiger partial charge in [-0.05, 0) is 29.0 Å². The predicted molar refractivity (Wildman–Crippen MR) is 79.4 cm³/mol. The van der Waals surface area contributed by atoms with Gasteiger partial charge < -0.3 is 4.74 Å². The molecule has 0 aromatic heterocycles. The highest BCUT2D eigenvalue weighted by Crippen LogP contribution is 2.21. The standard InChI is InChI=1S/C18H13NO/c19-12-16-7-3-4-8-17(16)13-20-18-10-9-14-5-1-2-6-15(14)11-18/h1-11H,13H2. The average Bonchev–Trinajstić information content (AvgIpc) is 2.53. The maximum absolute atomic E-state index is 9.05. The van der Waals surface area contributed by atoms with Crippen LogP contribution in [0.3, 0.4) is 0 Å². The number of benzene rings is 3. The lowest BCUT2D eigenvalue weighted by Gasteiger charge is -2.08. The highest BCUT2D eigenvalue weighted by Gasteiger charge is 2.02. The van der Waals surface area contributed by atoms with E-state index in [2.05, 4.69) is 18.2 Å². The average molecular weight is 259 g/mol. The third-order valence-corrected chi connectivity index (χ3v) is 3.25. The molecule has 3 rings (SSSR count). The van der Waals surface area contributed by atoms with Crippen molar-refractivity contribution in [3.05, 3.63) is 77.9 Å². The molecule has 0 aliphatic carbocycles. The van der Waals surface area contributed by atoms with Crippen LogP contribution < -0.4 is 4.74 Å². The largest absolute Gasteiger partial charge is 0.489 e. The van der Waals surface area contributed by atoms with Gasteiger partial charge in [-0.25, -0.2) is 0 Å². The Morgan fingerprint density at radius 2 is 1.60 bits per heavy atom. The van der Waals surface area contributed by atoms with Gasteiger partial charge in [0.15, 0.2) is 0 Å². The van der Waals surface area contributed by atoms with Gasteiger partial charge in [0.25, 0.3) is 0 Å². The molecule has 2 nitrogen and oxygen atoms in total. The van der Waals surface area contributed by atoms with Gasteiger partial charge in [0, 0.05) is 5.56 Å². The molecule has 0 N–H and O–H groups in total. The van der Waals surface area contributed by atoms with E-state index in [1.54, 1.807) is 6.07 Å². The first kappa shape index (κ1) is 12.3. The minimum atomic E-state index is 0.405. The van der Waals surface area contributed by atoms with Gasteiger partial charge in [-0.2, -0.15) is 5.26 Å². The van der Waals surface area contributed by atoms with E-state index in [-0.39, 0.29) is 0 Å². The number of nitriles is 1. The molecule has 0 fully saturated rings. The van der Waals surface area contributed by atoms with Crippen molar-refractivity contribution in [2.45, 2.75) is 6.61 Å². The van der Waals surface area contributed by atoms with Crippen molar-refractivity contribution in [1.82, 2.24) is 0 Å². The Morgan fingerprint density at radius 1 is 0.850 bits per heavy atom. The Bertz CT molecular complexity index is 787. The van der Waals surface area contributed by atoms with E-state index in [4.69, 9.17) is 10.00 Å². The summed E-state index contributed by atoms with van der Waals surface area (Å²) in [4.78, 5) is 0. The lowest BCUT2D eigenvalue weighted by molar-refractivity contribution is 0.306. The normalized spacial score (nSPS) is 10.2. The van der Waals surface area contributed by atoms with Gasteiger partial charge in [0.05, 0.1) is 11.6 Å². The van der Waals surface area contributed by atoms with Crippen molar-refractivity contribution in [3.8, 4) is 11.8 Å². The maximum atomic E-state index is 9.05. The fraction of sp³-hybridized carbons (Fsp3) is 0.0556. The van der Waals surface area contributed by atoms with Gasteiger partial charge in [0.2, 0.25) is 0 Å². The molecule has 0 unspecified atom stereocenters. The number of hydrogen-bond acceptors (Lipinski definition) is 2. The lowest BCUT2D eigenvalue weighted by Crippen LogP contribution is -1.97. The zero-order chi connectivity index (χ0) is 13.8. The Kier molecular flexibility index (Phi) is 3.34. The minimum absolute atomic E-state index is 0.405. The summed E-state index contributed by atoms with van der Waals surface area (Å²) in [6.45, 7) is 0.405. The lowest BCUT2D eigenvalue weighted by atomic mass is 10.1. The number of nitrogens with zero attached hydrogens (tertiary/aromatic N) is 1. The van der Waals surface area contributed by atoms with Crippen LogP contribution in [0.5, 0.6) is 5.75 Å². The molecule has 3 aromatic rings. The number of ether oxygens (including phenoxy) is 1. The summed E-state index contributed by atoms with van der Waals surface area (Å²) in [6.07, 6.45) is 0. The summed E-state index contributed by atoms with van der Waals surface area (Å²) in [5.74, 6) is 0.816. The summed E-state index contributed by atoms with van der Waals surface area (Å²) >= 11 is 0. The van der Waals surface area contributed by atoms with Crippen LogP contribution >= 0.6 is 0 Å². The molecule has 0 saturated heterocycles. The topological polar surface area (TPSA) is 33.0 Å². The second-order valence-electron chi connectivity index (χ2n) is 4.57. The van der Waals surface area contributed by atoms with Gasteiger partial charge in [-0.3, -0.25) is 0 Å². The Balaban J connectivity index is 1.82. The van der Waals surface area contributed by atoms with Gasteiger partial charge in [-0.1, -0.05) is 48.5 Å². The van der Waals surface area contributed by atoms with E-state index in [0.717, 1.165) is 16.7 Å². The highest BCUT2D eigenvalue weighted by atomic mass is 16.5. The van der Waals surface area contributed by atoms with Crippen molar-refractivity contribution in [2.24, 2.45) is 0 Å². The van der Waals surface area contributed by atoms with Crippen LogP contribution in [-0.2, 0) is 6.61 Å². The summed E-state index contributed by atoms with van der Waals surface area (Å²) < 4.78 is 5.79. The highest BCUT2D eigenvalue weighted by molar-refractivity contribution is 5.83.